The second kappa shape index (κ2) is 5.69. The van der Waals surface area contributed by atoms with E-state index in [1.807, 2.05) is 35.2 Å². The molecule has 1 atom stereocenters. The Morgan fingerprint density at radius 3 is 3.05 bits per heavy atom. The summed E-state index contributed by atoms with van der Waals surface area (Å²) in [6, 6.07) is 9.58. The zero-order valence-corrected chi connectivity index (χ0v) is 12.0. The van der Waals surface area contributed by atoms with Gasteiger partial charge in [0.15, 0.2) is 0 Å². The van der Waals surface area contributed by atoms with Crippen molar-refractivity contribution in [1.29, 1.82) is 0 Å². The highest BCUT2D eigenvalue weighted by molar-refractivity contribution is 5.87. The van der Waals surface area contributed by atoms with Gasteiger partial charge in [0.1, 0.15) is 11.9 Å². The summed E-state index contributed by atoms with van der Waals surface area (Å²) in [7, 11) is 1.65. The van der Waals surface area contributed by atoms with Crippen molar-refractivity contribution in [2.45, 2.75) is 25.5 Å². The van der Waals surface area contributed by atoms with Gasteiger partial charge in [0.25, 0.3) is 0 Å². The molecule has 1 amide bonds. The number of rotatable bonds is 3. The summed E-state index contributed by atoms with van der Waals surface area (Å²) in [6.07, 6.45) is 1.77. The summed E-state index contributed by atoms with van der Waals surface area (Å²) in [5, 5.41) is 13.4. The number of benzene rings is 1. The number of nitrogens with zero attached hydrogens (tertiary/aromatic N) is 2. The molecule has 1 aromatic heterocycles. The smallest absolute Gasteiger partial charge is 0.242 e. The molecule has 5 nitrogen and oxygen atoms in total. The average Bonchev–Trinajstić information content (AvgIpc) is 3.02. The third kappa shape index (κ3) is 2.45. The van der Waals surface area contributed by atoms with Crippen molar-refractivity contribution in [2.75, 3.05) is 18.5 Å². The molecule has 1 unspecified atom stereocenters. The van der Waals surface area contributed by atoms with Gasteiger partial charge in [-0.1, -0.05) is 18.2 Å². The molecule has 0 aliphatic carbocycles. The van der Waals surface area contributed by atoms with Crippen LogP contribution < -0.4 is 10.2 Å². The maximum Gasteiger partial charge on any atom is 0.242 e. The first-order valence-electron chi connectivity index (χ1n) is 7.22. The maximum absolute atomic E-state index is 12.0. The van der Waals surface area contributed by atoms with Crippen LogP contribution in [0.2, 0.25) is 0 Å². The van der Waals surface area contributed by atoms with Gasteiger partial charge in [-0.05, 0) is 25.0 Å². The molecule has 1 saturated heterocycles. The first-order chi connectivity index (χ1) is 10.2. The second-order valence-corrected chi connectivity index (χ2v) is 5.29. The average molecular weight is 285 g/mol. The lowest BCUT2D eigenvalue weighted by Crippen LogP contribution is -2.42. The number of para-hydroxylation sites is 1. The van der Waals surface area contributed by atoms with E-state index in [2.05, 4.69) is 10.3 Å². The first kappa shape index (κ1) is 13.8. The topological polar surface area (TPSA) is 65.5 Å². The van der Waals surface area contributed by atoms with Crippen LogP contribution in [0.15, 0.2) is 30.3 Å². The van der Waals surface area contributed by atoms with Crippen LogP contribution in [0.4, 0.5) is 5.82 Å². The van der Waals surface area contributed by atoms with E-state index in [-0.39, 0.29) is 18.6 Å². The van der Waals surface area contributed by atoms with Crippen molar-refractivity contribution < 1.29 is 9.90 Å². The number of aliphatic hydroxyl groups excluding tert-OH is 1. The molecule has 1 fully saturated rings. The standard InChI is InChI=1S/C16H19N3O2/c1-17-16(21)14-7-4-8-19(14)15-12(10-20)9-11-5-2-3-6-13(11)18-15/h2-3,5-6,9,14,20H,4,7-8,10H2,1H3,(H,17,21). The van der Waals surface area contributed by atoms with E-state index in [0.717, 1.165) is 41.7 Å². The zero-order valence-electron chi connectivity index (χ0n) is 12.0. The molecule has 2 heterocycles. The Morgan fingerprint density at radius 1 is 1.48 bits per heavy atom. The lowest BCUT2D eigenvalue weighted by atomic mass is 10.1. The predicted molar refractivity (Wildman–Crippen MR) is 82.1 cm³/mol. The molecule has 3 rings (SSSR count). The summed E-state index contributed by atoms with van der Waals surface area (Å²) in [4.78, 5) is 18.7. The Balaban J connectivity index is 2.07. The van der Waals surface area contributed by atoms with Crippen molar-refractivity contribution in [1.82, 2.24) is 10.3 Å². The number of fused-ring (bicyclic) bond motifs is 1. The number of anilines is 1. The van der Waals surface area contributed by atoms with Crippen LogP contribution in [0, 0.1) is 0 Å². The summed E-state index contributed by atoms with van der Waals surface area (Å²) in [5.74, 6) is 0.730. The molecule has 110 valence electrons. The number of hydrogen-bond acceptors (Lipinski definition) is 4. The first-order valence-corrected chi connectivity index (χ1v) is 7.22. The minimum atomic E-state index is -0.200. The van der Waals surface area contributed by atoms with Crippen LogP contribution in [0.1, 0.15) is 18.4 Å². The van der Waals surface area contributed by atoms with E-state index in [0.29, 0.717) is 0 Å². The fraction of sp³-hybridized carbons (Fsp3) is 0.375. The van der Waals surface area contributed by atoms with Gasteiger partial charge in [-0.2, -0.15) is 0 Å². The number of aliphatic hydroxyl groups is 1. The van der Waals surface area contributed by atoms with E-state index in [4.69, 9.17) is 0 Å². The van der Waals surface area contributed by atoms with E-state index >= 15 is 0 Å². The molecular formula is C16H19N3O2. The number of hydrogen-bond donors (Lipinski definition) is 2. The predicted octanol–water partition coefficient (Wildman–Crippen LogP) is 1.44. The summed E-state index contributed by atoms with van der Waals surface area (Å²) in [6.45, 7) is 0.709. The fourth-order valence-corrected chi connectivity index (χ4v) is 2.97. The third-order valence-corrected chi connectivity index (χ3v) is 4.02. The zero-order chi connectivity index (χ0) is 14.8. The molecule has 1 aliphatic rings. The van der Waals surface area contributed by atoms with Crippen LogP contribution >= 0.6 is 0 Å². The highest BCUT2D eigenvalue weighted by atomic mass is 16.3. The summed E-state index contributed by atoms with van der Waals surface area (Å²) >= 11 is 0. The third-order valence-electron chi connectivity index (χ3n) is 4.02. The van der Waals surface area contributed by atoms with Gasteiger partial charge in [0, 0.05) is 24.5 Å². The Morgan fingerprint density at radius 2 is 2.29 bits per heavy atom. The van der Waals surface area contributed by atoms with Crippen molar-refractivity contribution in [3.05, 3.63) is 35.9 Å². The molecule has 2 aromatic rings. The molecule has 0 spiro atoms. The number of nitrogens with one attached hydrogen (secondary N) is 1. The molecule has 0 bridgehead atoms. The Labute approximate surface area is 123 Å². The van der Waals surface area contributed by atoms with Gasteiger partial charge in [-0.15, -0.1) is 0 Å². The second-order valence-electron chi connectivity index (χ2n) is 5.29. The maximum atomic E-state index is 12.0. The number of carbonyl (C=O) groups excluding carboxylic acids is 1. The largest absolute Gasteiger partial charge is 0.392 e. The Hall–Kier alpha value is -2.14. The molecule has 2 N–H and O–H groups in total. The monoisotopic (exact) mass is 285 g/mol. The summed E-state index contributed by atoms with van der Waals surface area (Å²) < 4.78 is 0. The number of amides is 1. The quantitative estimate of drug-likeness (QED) is 0.895. The van der Waals surface area contributed by atoms with Gasteiger partial charge in [-0.3, -0.25) is 4.79 Å². The van der Waals surface area contributed by atoms with Crippen molar-refractivity contribution in [2.24, 2.45) is 0 Å². The van der Waals surface area contributed by atoms with Gasteiger partial charge in [-0.25, -0.2) is 4.98 Å². The lowest BCUT2D eigenvalue weighted by Gasteiger charge is -2.26. The van der Waals surface area contributed by atoms with Crippen LogP contribution in [0.25, 0.3) is 10.9 Å². The Kier molecular flexibility index (Phi) is 3.75. The van der Waals surface area contributed by atoms with E-state index in [1.165, 1.54) is 0 Å². The number of pyridine rings is 1. The molecule has 0 radical (unpaired) electrons. The number of carbonyl (C=O) groups is 1. The van der Waals surface area contributed by atoms with Crippen molar-refractivity contribution in [3.8, 4) is 0 Å². The summed E-state index contributed by atoms with van der Waals surface area (Å²) in [5.41, 5.74) is 1.65. The Bertz CT molecular complexity index is 672. The van der Waals surface area contributed by atoms with Crippen LogP contribution in [-0.2, 0) is 11.4 Å². The van der Waals surface area contributed by atoms with E-state index in [1.54, 1.807) is 7.05 Å². The van der Waals surface area contributed by atoms with Crippen molar-refractivity contribution >= 4 is 22.6 Å². The van der Waals surface area contributed by atoms with Gasteiger partial charge >= 0.3 is 0 Å². The molecule has 1 aromatic carbocycles. The minimum Gasteiger partial charge on any atom is -0.392 e. The molecule has 5 heteroatoms. The van der Waals surface area contributed by atoms with Gasteiger partial charge in [0.2, 0.25) is 5.91 Å². The SMILES string of the molecule is CNC(=O)C1CCCN1c1nc2ccccc2cc1CO. The number of likely N-dealkylation sites (N-methyl/N-ethyl adjacent to an activating group) is 1. The minimum absolute atomic E-state index is 0.00588. The molecule has 0 saturated carbocycles. The van der Waals surface area contributed by atoms with Crippen LogP contribution in [0.3, 0.4) is 0 Å². The fourth-order valence-electron chi connectivity index (χ4n) is 2.97. The van der Waals surface area contributed by atoms with Gasteiger partial charge < -0.3 is 15.3 Å². The highest BCUT2D eigenvalue weighted by Crippen LogP contribution is 2.29. The van der Waals surface area contributed by atoms with E-state index in [9.17, 15) is 9.90 Å². The van der Waals surface area contributed by atoms with Crippen molar-refractivity contribution in [3.63, 3.8) is 0 Å². The van der Waals surface area contributed by atoms with Crippen LogP contribution in [0.5, 0.6) is 0 Å². The molecular weight excluding hydrogens is 266 g/mol. The molecule has 1 aliphatic heterocycles. The van der Waals surface area contributed by atoms with Crippen LogP contribution in [-0.4, -0.2) is 35.6 Å². The van der Waals surface area contributed by atoms with Gasteiger partial charge in [0.05, 0.1) is 12.1 Å². The number of aromatic nitrogens is 1. The lowest BCUT2D eigenvalue weighted by molar-refractivity contribution is -0.121. The normalized spacial score (nSPS) is 18.2. The highest BCUT2D eigenvalue weighted by Gasteiger charge is 2.32. The molecule has 21 heavy (non-hydrogen) atoms. The van der Waals surface area contributed by atoms with E-state index < -0.39 is 0 Å².